The number of esters is 1. The molecule has 0 aliphatic carbocycles. The van der Waals surface area contributed by atoms with Crippen LogP contribution in [-0.2, 0) is 14.3 Å². The van der Waals surface area contributed by atoms with Crippen LogP contribution in [0.25, 0.3) is 0 Å². The van der Waals surface area contributed by atoms with E-state index in [0.717, 1.165) is 11.9 Å². The number of nitroso groups, excluding NO2 is 1. The van der Waals surface area contributed by atoms with Crippen LogP contribution in [0.3, 0.4) is 0 Å². The van der Waals surface area contributed by atoms with Crippen LogP contribution in [0.2, 0.25) is 0 Å². The van der Waals surface area contributed by atoms with Crippen molar-refractivity contribution in [3.8, 4) is 0 Å². The van der Waals surface area contributed by atoms with Gasteiger partial charge in [-0.25, -0.2) is 4.79 Å². The summed E-state index contributed by atoms with van der Waals surface area (Å²) in [5.74, 6) is -0.598. The number of ether oxygens (including phenoxy) is 1. The molecule has 0 bridgehead atoms. The standard InChI is InChI=1S/C9H14N2O4S/c1-3-15-9(13)8-4-7(16-10-14)5-11(8)6(2)12/h7-8H,3-5H2,1-2H3/t7-,8-/m0/s1. The number of rotatable bonds is 4. The van der Waals surface area contributed by atoms with Gasteiger partial charge in [0.2, 0.25) is 5.91 Å². The minimum Gasteiger partial charge on any atom is -0.464 e. The number of carbonyl (C=O) groups is 2. The number of likely N-dealkylation sites (tertiary alicyclic amines) is 1. The Morgan fingerprint density at radius 3 is 2.75 bits per heavy atom. The summed E-state index contributed by atoms with van der Waals surface area (Å²) in [6, 6.07) is -0.573. The van der Waals surface area contributed by atoms with Crippen molar-refractivity contribution in [1.29, 1.82) is 0 Å². The van der Waals surface area contributed by atoms with Gasteiger partial charge < -0.3 is 9.64 Å². The lowest BCUT2D eigenvalue weighted by molar-refractivity contribution is -0.152. The van der Waals surface area contributed by atoms with E-state index >= 15 is 0 Å². The summed E-state index contributed by atoms with van der Waals surface area (Å²) in [7, 11) is 0. The minimum atomic E-state index is -0.573. The molecule has 1 amide bonds. The largest absolute Gasteiger partial charge is 0.464 e. The van der Waals surface area contributed by atoms with Gasteiger partial charge in [0.05, 0.1) is 11.9 Å². The Morgan fingerprint density at radius 2 is 2.25 bits per heavy atom. The summed E-state index contributed by atoms with van der Waals surface area (Å²) >= 11 is 0.867. The van der Waals surface area contributed by atoms with Gasteiger partial charge in [-0.3, -0.25) is 4.79 Å². The van der Waals surface area contributed by atoms with Crippen LogP contribution in [0, 0.1) is 4.91 Å². The molecule has 1 rings (SSSR count). The first-order chi connectivity index (χ1) is 7.60. The van der Waals surface area contributed by atoms with Gasteiger partial charge in [-0.2, -0.15) is 0 Å². The highest BCUT2D eigenvalue weighted by molar-refractivity contribution is 7.98. The monoisotopic (exact) mass is 246 g/mol. The molecule has 7 heteroatoms. The number of amides is 1. The van der Waals surface area contributed by atoms with Gasteiger partial charge >= 0.3 is 5.97 Å². The third-order valence-electron chi connectivity index (χ3n) is 2.42. The molecule has 1 aliphatic heterocycles. The molecule has 0 aromatic carbocycles. The first-order valence-corrected chi connectivity index (χ1v) is 5.86. The van der Waals surface area contributed by atoms with Crippen molar-refractivity contribution >= 4 is 23.8 Å². The molecule has 0 radical (unpaired) electrons. The first kappa shape index (κ1) is 13.0. The maximum atomic E-state index is 11.6. The van der Waals surface area contributed by atoms with Crippen LogP contribution in [0.4, 0.5) is 0 Å². The number of carbonyl (C=O) groups excluding carboxylic acids is 2. The topological polar surface area (TPSA) is 76.0 Å². The van der Waals surface area contributed by atoms with Crippen molar-refractivity contribution < 1.29 is 14.3 Å². The van der Waals surface area contributed by atoms with Gasteiger partial charge in [-0.05, 0) is 13.3 Å². The summed E-state index contributed by atoms with van der Waals surface area (Å²) < 4.78 is 7.61. The van der Waals surface area contributed by atoms with Gasteiger partial charge in [0, 0.05) is 30.0 Å². The zero-order valence-corrected chi connectivity index (χ0v) is 10.0. The molecule has 0 unspecified atom stereocenters. The second kappa shape index (κ2) is 5.83. The fraction of sp³-hybridized carbons (Fsp3) is 0.778. The number of hydrogen-bond acceptors (Lipinski definition) is 6. The molecule has 1 heterocycles. The van der Waals surface area contributed by atoms with E-state index in [0.29, 0.717) is 13.0 Å². The zero-order valence-electron chi connectivity index (χ0n) is 9.21. The van der Waals surface area contributed by atoms with Crippen molar-refractivity contribution in [3.63, 3.8) is 0 Å². The predicted molar refractivity (Wildman–Crippen MR) is 59.6 cm³/mol. The number of nitrogens with zero attached hydrogens (tertiary/aromatic N) is 2. The van der Waals surface area contributed by atoms with Gasteiger partial charge in [0.15, 0.2) is 0 Å². The minimum absolute atomic E-state index is 0.115. The summed E-state index contributed by atoms with van der Waals surface area (Å²) in [6.07, 6.45) is 0.425. The van der Waals surface area contributed by atoms with E-state index in [1.54, 1.807) is 6.92 Å². The van der Waals surface area contributed by atoms with Gasteiger partial charge in [0.25, 0.3) is 0 Å². The number of hydrogen-bond donors (Lipinski definition) is 0. The molecule has 1 saturated heterocycles. The predicted octanol–water partition coefficient (Wildman–Crippen LogP) is 0.954. The summed E-state index contributed by atoms with van der Waals surface area (Å²) in [5, 5.41) is -0.115. The smallest absolute Gasteiger partial charge is 0.328 e. The van der Waals surface area contributed by atoms with E-state index in [1.807, 2.05) is 0 Å². The van der Waals surface area contributed by atoms with Gasteiger partial charge in [-0.15, -0.1) is 4.91 Å². The van der Waals surface area contributed by atoms with Crippen molar-refractivity contribution in [2.45, 2.75) is 31.6 Å². The lowest BCUT2D eigenvalue weighted by Crippen LogP contribution is -2.40. The van der Waals surface area contributed by atoms with Crippen molar-refractivity contribution in [3.05, 3.63) is 4.91 Å². The molecule has 0 aromatic rings. The van der Waals surface area contributed by atoms with Gasteiger partial charge in [-0.1, -0.05) is 0 Å². The zero-order chi connectivity index (χ0) is 12.1. The first-order valence-electron chi connectivity index (χ1n) is 5.02. The Kier molecular flexibility index (Phi) is 4.72. The third-order valence-corrected chi connectivity index (χ3v) is 3.14. The molecule has 0 spiro atoms. The lowest BCUT2D eigenvalue weighted by Gasteiger charge is -2.20. The Bertz CT molecular complexity index is 297. The second-order valence-electron chi connectivity index (χ2n) is 3.48. The molecule has 1 aliphatic rings. The second-order valence-corrected chi connectivity index (χ2v) is 4.50. The van der Waals surface area contributed by atoms with E-state index in [-0.39, 0.29) is 17.8 Å². The fourth-order valence-electron chi connectivity index (χ4n) is 1.74. The van der Waals surface area contributed by atoms with Crippen LogP contribution >= 0.6 is 11.9 Å². The third kappa shape index (κ3) is 2.94. The molecular weight excluding hydrogens is 232 g/mol. The van der Waals surface area contributed by atoms with Gasteiger partial charge in [0.1, 0.15) is 6.04 Å². The van der Waals surface area contributed by atoms with E-state index in [2.05, 4.69) is 4.58 Å². The summed E-state index contributed by atoms with van der Waals surface area (Å²) in [5.41, 5.74) is 0. The molecule has 90 valence electrons. The van der Waals surface area contributed by atoms with Crippen molar-refractivity contribution in [2.24, 2.45) is 4.58 Å². The highest BCUT2D eigenvalue weighted by Crippen LogP contribution is 2.28. The summed E-state index contributed by atoms with van der Waals surface area (Å²) in [4.78, 5) is 34.5. The molecule has 0 N–H and O–H groups in total. The molecule has 1 fully saturated rings. The Hall–Kier alpha value is -1.11. The Balaban J connectivity index is 2.69. The maximum absolute atomic E-state index is 11.6. The average molecular weight is 246 g/mol. The highest BCUT2D eigenvalue weighted by Gasteiger charge is 2.39. The van der Waals surface area contributed by atoms with Crippen LogP contribution < -0.4 is 0 Å². The lowest BCUT2D eigenvalue weighted by atomic mass is 10.2. The van der Waals surface area contributed by atoms with E-state index in [9.17, 15) is 14.5 Å². The van der Waals surface area contributed by atoms with E-state index in [4.69, 9.17) is 4.74 Å². The van der Waals surface area contributed by atoms with Crippen LogP contribution in [0.5, 0.6) is 0 Å². The van der Waals surface area contributed by atoms with Crippen LogP contribution in [0.15, 0.2) is 4.58 Å². The van der Waals surface area contributed by atoms with E-state index < -0.39 is 12.0 Å². The molecule has 0 saturated carbocycles. The van der Waals surface area contributed by atoms with Crippen molar-refractivity contribution in [1.82, 2.24) is 4.90 Å². The maximum Gasteiger partial charge on any atom is 0.328 e. The average Bonchev–Trinajstić information content (AvgIpc) is 2.63. The Labute approximate surface area is 97.8 Å². The van der Waals surface area contributed by atoms with Crippen molar-refractivity contribution in [2.75, 3.05) is 13.2 Å². The van der Waals surface area contributed by atoms with Crippen LogP contribution in [0.1, 0.15) is 20.3 Å². The Morgan fingerprint density at radius 1 is 1.56 bits per heavy atom. The molecule has 16 heavy (non-hydrogen) atoms. The molecule has 0 aromatic heterocycles. The summed E-state index contributed by atoms with van der Waals surface area (Å²) in [6.45, 7) is 3.76. The quantitative estimate of drug-likeness (QED) is 0.419. The van der Waals surface area contributed by atoms with E-state index in [1.165, 1.54) is 11.8 Å². The van der Waals surface area contributed by atoms with Crippen LogP contribution in [-0.4, -0.2) is 41.2 Å². The fourth-order valence-corrected chi connectivity index (χ4v) is 2.36. The highest BCUT2D eigenvalue weighted by atomic mass is 32.2. The SMILES string of the molecule is CCOC(=O)[C@@H]1C[C@H](SN=O)CN1C(C)=O. The molecule has 6 nitrogen and oxygen atoms in total. The normalized spacial score (nSPS) is 24.2. The molecular formula is C9H14N2O4S. The molecule has 2 atom stereocenters.